The van der Waals surface area contributed by atoms with E-state index in [9.17, 15) is 5.11 Å². The summed E-state index contributed by atoms with van der Waals surface area (Å²) in [6, 6.07) is 5.16. The van der Waals surface area contributed by atoms with Crippen molar-refractivity contribution >= 4 is 6.08 Å². The Labute approximate surface area is 95.3 Å². The van der Waals surface area contributed by atoms with Crippen molar-refractivity contribution in [3.63, 3.8) is 0 Å². The first-order valence-corrected chi connectivity index (χ1v) is 5.53. The number of hydrogen-bond donors (Lipinski definition) is 1. The quantitative estimate of drug-likeness (QED) is 0.851. The lowest BCUT2D eigenvalue weighted by Crippen LogP contribution is -2.25. The van der Waals surface area contributed by atoms with Crippen LogP contribution in [0.2, 0.25) is 0 Å². The molecule has 1 fully saturated rings. The van der Waals surface area contributed by atoms with Gasteiger partial charge in [0.2, 0.25) is 0 Å². The largest absolute Gasteiger partial charge is 0.504 e. The van der Waals surface area contributed by atoms with Gasteiger partial charge in [0.25, 0.3) is 0 Å². The molecule has 3 heteroatoms. The van der Waals surface area contributed by atoms with Crippen LogP contribution in [0.1, 0.15) is 24.8 Å². The smallest absolute Gasteiger partial charge is 0.200 e. The predicted octanol–water partition coefficient (Wildman–Crippen LogP) is 2.94. The molecule has 0 amide bonds. The van der Waals surface area contributed by atoms with Gasteiger partial charge < -0.3 is 14.6 Å². The monoisotopic (exact) mass is 220 g/mol. The zero-order valence-electron chi connectivity index (χ0n) is 9.19. The van der Waals surface area contributed by atoms with Crippen LogP contribution in [-0.4, -0.2) is 18.0 Å². The molecule has 3 nitrogen and oxygen atoms in total. The van der Waals surface area contributed by atoms with Gasteiger partial charge in [0, 0.05) is 6.42 Å². The molecule has 0 spiro atoms. The minimum absolute atomic E-state index is 0.139. The molecule has 1 aliphatic rings. The van der Waals surface area contributed by atoms with Crippen LogP contribution in [0.5, 0.6) is 11.5 Å². The average molecular weight is 220 g/mol. The molecule has 1 aromatic carbocycles. The third kappa shape index (κ3) is 2.55. The lowest BCUT2D eigenvalue weighted by Gasteiger charge is -2.23. The van der Waals surface area contributed by atoms with Gasteiger partial charge in [-0.05, 0) is 30.5 Å². The van der Waals surface area contributed by atoms with E-state index in [1.165, 1.54) is 0 Å². The number of rotatable bonds is 3. The second kappa shape index (κ2) is 5.03. The normalized spacial score (nSPS) is 20.4. The van der Waals surface area contributed by atoms with E-state index in [4.69, 9.17) is 9.47 Å². The standard InChI is InChI=1S/C13H16O3/c1-2-10-6-7-11(14)12(9-10)16-13-5-3-4-8-15-13/h2,6-7,9,13-14H,1,3-5,8H2. The van der Waals surface area contributed by atoms with E-state index in [1.54, 1.807) is 24.3 Å². The fourth-order valence-electron chi connectivity index (χ4n) is 1.70. The summed E-state index contributed by atoms with van der Waals surface area (Å²) in [6.07, 6.45) is 4.54. The van der Waals surface area contributed by atoms with Crippen molar-refractivity contribution in [2.45, 2.75) is 25.6 Å². The second-order valence-corrected chi connectivity index (χ2v) is 3.85. The molecule has 0 radical (unpaired) electrons. The molecular formula is C13H16O3. The van der Waals surface area contributed by atoms with Gasteiger partial charge in [0.15, 0.2) is 17.8 Å². The van der Waals surface area contributed by atoms with Crippen molar-refractivity contribution < 1.29 is 14.6 Å². The van der Waals surface area contributed by atoms with Gasteiger partial charge in [-0.2, -0.15) is 0 Å². The summed E-state index contributed by atoms with van der Waals surface area (Å²) < 4.78 is 11.1. The molecule has 1 N–H and O–H groups in total. The van der Waals surface area contributed by atoms with Crippen LogP contribution in [0.4, 0.5) is 0 Å². The fraction of sp³-hybridized carbons (Fsp3) is 0.385. The molecule has 1 unspecified atom stereocenters. The van der Waals surface area contributed by atoms with Crippen LogP contribution in [-0.2, 0) is 4.74 Å². The Hall–Kier alpha value is -1.48. The molecular weight excluding hydrogens is 204 g/mol. The fourth-order valence-corrected chi connectivity index (χ4v) is 1.70. The topological polar surface area (TPSA) is 38.7 Å². The van der Waals surface area contributed by atoms with Crippen LogP contribution in [0, 0.1) is 0 Å². The van der Waals surface area contributed by atoms with Crippen LogP contribution in [0.25, 0.3) is 6.08 Å². The van der Waals surface area contributed by atoms with Gasteiger partial charge in [-0.25, -0.2) is 0 Å². The van der Waals surface area contributed by atoms with Gasteiger partial charge in [0.1, 0.15) is 0 Å². The van der Waals surface area contributed by atoms with Crippen molar-refractivity contribution in [1.82, 2.24) is 0 Å². The molecule has 2 rings (SSSR count). The highest BCUT2D eigenvalue weighted by atomic mass is 16.7. The number of ether oxygens (including phenoxy) is 2. The zero-order valence-corrected chi connectivity index (χ0v) is 9.19. The molecule has 1 heterocycles. The van der Waals surface area contributed by atoms with Gasteiger partial charge in [0.05, 0.1) is 6.61 Å². The molecule has 0 bridgehead atoms. The van der Waals surface area contributed by atoms with Crippen molar-refractivity contribution in [3.05, 3.63) is 30.3 Å². The molecule has 1 saturated heterocycles. The van der Waals surface area contributed by atoms with E-state index >= 15 is 0 Å². The van der Waals surface area contributed by atoms with E-state index < -0.39 is 0 Å². The highest BCUT2D eigenvalue weighted by molar-refractivity contribution is 5.54. The average Bonchev–Trinajstić information content (AvgIpc) is 2.33. The van der Waals surface area contributed by atoms with Gasteiger partial charge in [-0.1, -0.05) is 18.7 Å². The molecule has 1 atom stereocenters. The lowest BCUT2D eigenvalue weighted by atomic mass is 10.2. The highest BCUT2D eigenvalue weighted by Gasteiger charge is 2.16. The summed E-state index contributed by atoms with van der Waals surface area (Å²) in [6.45, 7) is 4.41. The van der Waals surface area contributed by atoms with Crippen LogP contribution in [0.15, 0.2) is 24.8 Å². The Morgan fingerprint density at radius 3 is 3.00 bits per heavy atom. The van der Waals surface area contributed by atoms with Crippen LogP contribution < -0.4 is 4.74 Å². The SMILES string of the molecule is C=Cc1ccc(O)c(OC2CCCCO2)c1. The molecule has 16 heavy (non-hydrogen) atoms. The summed E-state index contributed by atoms with van der Waals surface area (Å²) in [7, 11) is 0. The second-order valence-electron chi connectivity index (χ2n) is 3.85. The molecule has 1 aliphatic heterocycles. The minimum atomic E-state index is -0.236. The van der Waals surface area contributed by atoms with Crippen LogP contribution >= 0.6 is 0 Å². The first-order chi connectivity index (χ1) is 7.79. The molecule has 0 saturated carbocycles. The maximum atomic E-state index is 9.65. The van der Waals surface area contributed by atoms with Crippen molar-refractivity contribution in [2.75, 3.05) is 6.61 Å². The number of hydrogen-bond acceptors (Lipinski definition) is 3. The summed E-state index contributed by atoms with van der Waals surface area (Å²) >= 11 is 0. The van der Waals surface area contributed by atoms with E-state index in [0.717, 1.165) is 31.4 Å². The molecule has 1 aromatic rings. The van der Waals surface area contributed by atoms with E-state index in [1.807, 2.05) is 0 Å². The summed E-state index contributed by atoms with van der Waals surface area (Å²) in [4.78, 5) is 0. The predicted molar refractivity (Wildman–Crippen MR) is 62.4 cm³/mol. The van der Waals surface area contributed by atoms with Gasteiger partial charge >= 0.3 is 0 Å². The first-order valence-electron chi connectivity index (χ1n) is 5.53. The zero-order chi connectivity index (χ0) is 11.4. The van der Waals surface area contributed by atoms with Gasteiger partial charge in [-0.3, -0.25) is 0 Å². The molecule has 86 valence electrons. The van der Waals surface area contributed by atoms with Crippen molar-refractivity contribution in [1.29, 1.82) is 0 Å². The maximum absolute atomic E-state index is 9.65. The Kier molecular flexibility index (Phi) is 3.47. The summed E-state index contributed by atoms with van der Waals surface area (Å²) in [5, 5.41) is 9.65. The van der Waals surface area contributed by atoms with Gasteiger partial charge in [-0.15, -0.1) is 0 Å². The van der Waals surface area contributed by atoms with Crippen molar-refractivity contribution in [3.8, 4) is 11.5 Å². The van der Waals surface area contributed by atoms with Crippen LogP contribution in [0.3, 0.4) is 0 Å². The Balaban J connectivity index is 2.09. The Morgan fingerprint density at radius 1 is 1.44 bits per heavy atom. The maximum Gasteiger partial charge on any atom is 0.200 e. The molecule has 0 aromatic heterocycles. The minimum Gasteiger partial charge on any atom is -0.504 e. The number of phenols is 1. The first kappa shape index (κ1) is 11.0. The Morgan fingerprint density at radius 2 is 2.31 bits per heavy atom. The Bertz CT molecular complexity index is 367. The van der Waals surface area contributed by atoms with Crippen molar-refractivity contribution in [2.24, 2.45) is 0 Å². The summed E-state index contributed by atoms with van der Waals surface area (Å²) in [5.74, 6) is 0.601. The number of aromatic hydroxyl groups is 1. The third-order valence-electron chi connectivity index (χ3n) is 2.62. The number of phenolic OH excluding ortho intramolecular Hbond substituents is 1. The van der Waals surface area contributed by atoms with E-state index in [2.05, 4.69) is 6.58 Å². The highest BCUT2D eigenvalue weighted by Crippen LogP contribution is 2.29. The van der Waals surface area contributed by atoms with E-state index in [-0.39, 0.29) is 12.0 Å². The van der Waals surface area contributed by atoms with E-state index in [0.29, 0.717) is 5.75 Å². The number of benzene rings is 1. The lowest BCUT2D eigenvalue weighted by molar-refractivity contribution is -0.106. The molecule has 0 aliphatic carbocycles. The summed E-state index contributed by atoms with van der Waals surface area (Å²) in [5.41, 5.74) is 0.920. The third-order valence-corrected chi connectivity index (χ3v) is 2.62.